The molecule has 2 aliphatic rings. The maximum Gasteiger partial charge on any atom is 0.181 e. The smallest absolute Gasteiger partial charge is 0.181 e. The van der Waals surface area contributed by atoms with Crippen molar-refractivity contribution in [3.63, 3.8) is 0 Å². The number of carbonyl (C=O) groups is 1. The van der Waals surface area contributed by atoms with Crippen LogP contribution < -0.4 is 0 Å². The molecule has 0 amide bonds. The lowest BCUT2D eigenvalue weighted by Crippen LogP contribution is -2.26. The minimum absolute atomic E-state index is 0.0525. The third-order valence-corrected chi connectivity index (χ3v) is 3.77. The molecule has 16 heavy (non-hydrogen) atoms. The highest BCUT2D eigenvalue weighted by molar-refractivity contribution is 6.06. The number of hydrogen-bond acceptors (Lipinski definition) is 1. The van der Waals surface area contributed by atoms with Gasteiger partial charge in [0.25, 0.3) is 0 Å². The zero-order valence-electron chi connectivity index (χ0n) is 10.3. The van der Waals surface area contributed by atoms with Gasteiger partial charge in [0, 0.05) is 11.0 Å². The molecule has 1 heteroatoms. The molecule has 0 saturated heterocycles. The van der Waals surface area contributed by atoms with Crippen molar-refractivity contribution >= 4 is 5.78 Å². The summed E-state index contributed by atoms with van der Waals surface area (Å²) in [6, 6.07) is 0. The number of fused-ring (bicyclic) bond motifs is 1. The van der Waals surface area contributed by atoms with Crippen LogP contribution in [0.2, 0.25) is 0 Å². The van der Waals surface area contributed by atoms with Crippen LogP contribution in [0.4, 0.5) is 0 Å². The predicted molar refractivity (Wildman–Crippen MR) is 67.1 cm³/mol. The fourth-order valence-corrected chi connectivity index (χ4v) is 2.50. The summed E-state index contributed by atoms with van der Waals surface area (Å²) in [5.74, 6) is 0.145. The maximum absolute atomic E-state index is 11.7. The van der Waals surface area contributed by atoms with Crippen molar-refractivity contribution in [2.24, 2.45) is 5.41 Å². The van der Waals surface area contributed by atoms with Crippen molar-refractivity contribution in [2.45, 2.75) is 33.6 Å². The molecule has 0 N–H and O–H groups in total. The molecule has 0 aromatic rings. The molecule has 0 aromatic carbocycles. The third kappa shape index (κ3) is 1.60. The summed E-state index contributed by atoms with van der Waals surface area (Å²) in [7, 11) is 0. The van der Waals surface area contributed by atoms with Crippen LogP contribution in [-0.2, 0) is 4.79 Å². The molecule has 0 aromatic heterocycles. The van der Waals surface area contributed by atoms with E-state index in [1.54, 1.807) is 6.08 Å². The van der Waals surface area contributed by atoms with Crippen LogP contribution in [0.1, 0.15) is 33.6 Å². The number of allylic oxidation sites excluding steroid dienone is 7. The summed E-state index contributed by atoms with van der Waals surface area (Å²) in [5.41, 5.74) is 4.53. The number of carbonyl (C=O) groups excluding carboxylic acids is 1. The van der Waals surface area contributed by atoms with Crippen molar-refractivity contribution in [1.29, 1.82) is 0 Å². The lowest BCUT2D eigenvalue weighted by atomic mass is 9.68. The fraction of sp³-hybridized carbons (Fsp3) is 0.400. The molecule has 1 atom stereocenters. The Hall–Kier alpha value is -1.37. The zero-order valence-corrected chi connectivity index (χ0v) is 10.3. The second-order valence-electron chi connectivity index (χ2n) is 5.10. The van der Waals surface area contributed by atoms with E-state index >= 15 is 0 Å². The van der Waals surface area contributed by atoms with Gasteiger partial charge in [-0.3, -0.25) is 4.79 Å². The lowest BCUT2D eigenvalue weighted by molar-refractivity contribution is -0.111. The summed E-state index contributed by atoms with van der Waals surface area (Å²) in [6.45, 7) is 10.2. The first kappa shape index (κ1) is 11.1. The SMILES string of the molecule is C=C(C)C1=CC2=C(C)C(=O)C=C[C@]2(C)CC1. The van der Waals surface area contributed by atoms with E-state index in [1.165, 1.54) is 11.1 Å². The van der Waals surface area contributed by atoms with E-state index in [0.29, 0.717) is 0 Å². The molecule has 1 nitrogen and oxygen atoms in total. The molecule has 84 valence electrons. The van der Waals surface area contributed by atoms with E-state index in [9.17, 15) is 4.79 Å². The molecule has 0 unspecified atom stereocenters. The van der Waals surface area contributed by atoms with Crippen LogP contribution in [0.3, 0.4) is 0 Å². The molecular weight excluding hydrogens is 196 g/mol. The quantitative estimate of drug-likeness (QED) is 0.649. The Labute approximate surface area is 97.2 Å². The second-order valence-corrected chi connectivity index (χ2v) is 5.10. The van der Waals surface area contributed by atoms with Gasteiger partial charge in [-0.05, 0) is 43.9 Å². The molecule has 0 radical (unpaired) electrons. The molecule has 0 aliphatic heterocycles. The van der Waals surface area contributed by atoms with E-state index in [-0.39, 0.29) is 11.2 Å². The lowest BCUT2D eigenvalue weighted by Gasteiger charge is -2.36. The van der Waals surface area contributed by atoms with E-state index < -0.39 is 0 Å². The van der Waals surface area contributed by atoms with Crippen LogP contribution in [-0.4, -0.2) is 5.78 Å². The normalized spacial score (nSPS) is 28.9. The van der Waals surface area contributed by atoms with Crippen LogP contribution in [0.15, 0.2) is 47.1 Å². The average molecular weight is 214 g/mol. The Balaban J connectivity index is 2.54. The molecule has 0 saturated carbocycles. The van der Waals surface area contributed by atoms with E-state index in [4.69, 9.17) is 0 Å². The van der Waals surface area contributed by atoms with Gasteiger partial charge in [0.05, 0.1) is 0 Å². The van der Waals surface area contributed by atoms with Gasteiger partial charge in [-0.2, -0.15) is 0 Å². The summed E-state index contributed by atoms with van der Waals surface area (Å²) in [6.07, 6.45) is 8.08. The van der Waals surface area contributed by atoms with Crippen molar-refractivity contribution in [3.8, 4) is 0 Å². The molecule has 0 heterocycles. The highest BCUT2D eigenvalue weighted by Crippen LogP contribution is 2.45. The second kappa shape index (κ2) is 3.58. The summed E-state index contributed by atoms with van der Waals surface area (Å²) < 4.78 is 0. The topological polar surface area (TPSA) is 17.1 Å². The largest absolute Gasteiger partial charge is 0.290 e. The van der Waals surface area contributed by atoms with E-state index in [1.807, 2.05) is 13.8 Å². The third-order valence-electron chi connectivity index (χ3n) is 3.77. The first-order chi connectivity index (χ1) is 7.44. The van der Waals surface area contributed by atoms with Gasteiger partial charge in [-0.1, -0.05) is 31.2 Å². The van der Waals surface area contributed by atoms with Gasteiger partial charge < -0.3 is 0 Å². The number of hydrogen-bond donors (Lipinski definition) is 0. The van der Waals surface area contributed by atoms with Crippen LogP contribution in [0, 0.1) is 5.41 Å². The minimum atomic E-state index is 0.0525. The van der Waals surface area contributed by atoms with E-state index in [0.717, 1.165) is 24.0 Å². The number of ketones is 1. The molecule has 2 aliphatic carbocycles. The Morgan fingerprint density at radius 2 is 2.19 bits per heavy atom. The summed E-state index contributed by atoms with van der Waals surface area (Å²) in [5, 5.41) is 0. The first-order valence-electron chi connectivity index (χ1n) is 5.75. The monoisotopic (exact) mass is 214 g/mol. The highest BCUT2D eigenvalue weighted by atomic mass is 16.1. The van der Waals surface area contributed by atoms with Crippen LogP contribution >= 0.6 is 0 Å². The first-order valence-corrected chi connectivity index (χ1v) is 5.75. The van der Waals surface area contributed by atoms with Crippen molar-refractivity contribution in [2.75, 3.05) is 0 Å². The molecule has 0 bridgehead atoms. The number of rotatable bonds is 1. The molecular formula is C15H18O. The minimum Gasteiger partial charge on any atom is -0.290 e. The zero-order chi connectivity index (χ0) is 11.9. The summed E-state index contributed by atoms with van der Waals surface area (Å²) >= 11 is 0. The van der Waals surface area contributed by atoms with Gasteiger partial charge >= 0.3 is 0 Å². The van der Waals surface area contributed by atoms with Crippen LogP contribution in [0.25, 0.3) is 0 Å². The van der Waals surface area contributed by atoms with Crippen molar-refractivity contribution in [3.05, 3.63) is 47.1 Å². The van der Waals surface area contributed by atoms with Gasteiger partial charge in [0.15, 0.2) is 5.78 Å². The molecule has 0 fully saturated rings. The van der Waals surface area contributed by atoms with Crippen molar-refractivity contribution < 1.29 is 4.79 Å². The Kier molecular flexibility index (Phi) is 2.49. The summed E-state index contributed by atoms with van der Waals surface area (Å²) in [4.78, 5) is 11.7. The Bertz CT molecular complexity index is 460. The Morgan fingerprint density at radius 1 is 1.50 bits per heavy atom. The predicted octanol–water partition coefficient (Wildman–Crippen LogP) is 3.74. The van der Waals surface area contributed by atoms with E-state index in [2.05, 4.69) is 25.7 Å². The molecule has 2 rings (SSSR count). The standard InChI is InChI=1S/C15H18O/c1-10(2)12-5-7-15(4)8-6-14(16)11(3)13(15)9-12/h6,8-9H,1,5,7H2,2-4H3/t15-/m0/s1. The van der Waals surface area contributed by atoms with Crippen LogP contribution in [0.5, 0.6) is 0 Å². The van der Waals surface area contributed by atoms with Gasteiger partial charge in [0.1, 0.15) is 0 Å². The van der Waals surface area contributed by atoms with Crippen molar-refractivity contribution in [1.82, 2.24) is 0 Å². The fourth-order valence-electron chi connectivity index (χ4n) is 2.50. The Morgan fingerprint density at radius 3 is 2.81 bits per heavy atom. The average Bonchev–Trinajstić information content (AvgIpc) is 2.24. The van der Waals surface area contributed by atoms with Gasteiger partial charge in [-0.25, -0.2) is 0 Å². The maximum atomic E-state index is 11.7. The highest BCUT2D eigenvalue weighted by Gasteiger charge is 2.34. The van der Waals surface area contributed by atoms with Gasteiger partial charge in [-0.15, -0.1) is 0 Å². The molecule has 0 spiro atoms. The van der Waals surface area contributed by atoms with Gasteiger partial charge in [0.2, 0.25) is 0 Å².